The first kappa shape index (κ1) is 13.6. The lowest BCUT2D eigenvalue weighted by Gasteiger charge is -2.13. The van der Waals surface area contributed by atoms with Crippen molar-refractivity contribution in [3.63, 3.8) is 0 Å². The summed E-state index contributed by atoms with van der Waals surface area (Å²) in [4.78, 5) is 4.00. The van der Waals surface area contributed by atoms with E-state index in [4.69, 9.17) is 22.1 Å². The Morgan fingerprint density at radius 2 is 2.21 bits per heavy atom. The summed E-state index contributed by atoms with van der Waals surface area (Å²) in [6.45, 7) is 0. The molecule has 0 aliphatic rings. The van der Waals surface area contributed by atoms with Crippen LogP contribution in [0.25, 0.3) is 0 Å². The number of aromatic nitrogens is 1. The molecule has 2 aromatic rings. The number of nitrogens with two attached hydrogens (primary N) is 1. The third-order valence-corrected chi connectivity index (χ3v) is 3.21. The number of rotatable bonds is 4. The zero-order valence-corrected chi connectivity index (χ0v) is 11.3. The van der Waals surface area contributed by atoms with Gasteiger partial charge in [-0.25, -0.2) is 0 Å². The van der Waals surface area contributed by atoms with Crippen molar-refractivity contribution in [2.24, 2.45) is 0 Å². The number of hydrogen-bond donors (Lipinski definition) is 2. The van der Waals surface area contributed by atoms with Crippen molar-refractivity contribution in [1.82, 2.24) is 4.98 Å². The molecule has 4 nitrogen and oxygen atoms in total. The summed E-state index contributed by atoms with van der Waals surface area (Å²) in [7, 11) is 1.55. The van der Waals surface area contributed by atoms with Gasteiger partial charge in [0.25, 0.3) is 0 Å². The number of methoxy groups -OCH3 is 1. The minimum absolute atomic E-state index is 0.391. The van der Waals surface area contributed by atoms with Crippen LogP contribution in [0.1, 0.15) is 17.2 Å². The largest absolute Gasteiger partial charge is 0.495 e. The van der Waals surface area contributed by atoms with Crippen molar-refractivity contribution in [3.8, 4) is 5.75 Å². The number of aliphatic hydroxyl groups excluding tert-OH is 1. The molecule has 0 radical (unpaired) electrons. The van der Waals surface area contributed by atoms with Gasteiger partial charge >= 0.3 is 0 Å². The summed E-state index contributed by atoms with van der Waals surface area (Å²) in [5.74, 6) is 0.582. The SMILES string of the molecule is COc1ccc(C(O)Cc2cnccc2N)cc1Cl. The number of ether oxygens (including phenoxy) is 1. The molecule has 1 heterocycles. The van der Waals surface area contributed by atoms with E-state index >= 15 is 0 Å². The lowest BCUT2D eigenvalue weighted by atomic mass is 10.0. The van der Waals surface area contributed by atoms with Gasteiger partial charge in [0.1, 0.15) is 5.75 Å². The number of pyridine rings is 1. The Kier molecular flexibility index (Phi) is 4.24. The Balaban J connectivity index is 2.18. The fourth-order valence-corrected chi connectivity index (χ4v) is 2.09. The van der Waals surface area contributed by atoms with Crippen LogP contribution >= 0.6 is 11.6 Å². The molecule has 1 atom stereocenters. The average Bonchev–Trinajstić information content (AvgIpc) is 2.41. The van der Waals surface area contributed by atoms with Crippen LogP contribution in [0.2, 0.25) is 5.02 Å². The van der Waals surface area contributed by atoms with Crippen LogP contribution in [0, 0.1) is 0 Å². The maximum atomic E-state index is 10.2. The molecular weight excluding hydrogens is 264 g/mol. The molecule has 0 bridgehead atoms. The topological polar surface area (TPSA) is 68.4 Å². The normalized spacial score (nSPS) is 12.2. The van der Waals surface area contributed by atoms with Gasteiger partial charge in [-0.15, -0.1) is 0 Å². The van der Waals surface area contributed by atoms with Crippen molar-refractivity contribution in [2.75, 3.05) is 12.8 Å². The summed E-state index contributed by atoms with van der Waals surface area (Å²) >= 11 is 6.03. The molecule has 2 rings (SSSR count). The molecule has 3 N–H and O–H groups in total. The first-order valence-corrected chi connectivity index (χ1v) is 6.19. The number of benzene rings is 1. The second-order valence-corrected chi connectivity index (χ2v) is 4.60. The van der Waals surface area contributed by atoms with Gasteiger partial charge in [-0.1, -0.05) is 17.7 Å². The highest BCUT2D eigenvalue weighted by Crippen LogP contribution is 2.29. The van der Waals surface area contributed by atoms with Crippen LogP contribution < -0.4 is 10.5 Å². The molecule has 19 heavy (non-hydrogen) atoms. The number of aliphatic hydroxyl groups is 1. The Hall–Kier alpha value is -1.78. The number of nitrogens with zero attached hydrogens (tertiary/aromatic N) is 1. The molecule has 0 fully saturated rings. The second-order valence-electron chi connectivity index (χ2n) is 4.19. The summed E-state index contributed by atoms with van der Waals surface area (Å²) in [6.07, 6.45) is 2.98. The van der Waals surface area contributed by atoms with Crippen molar-refractivity contribution < 1.29 is 9.84 Å². The van der Waals surface area contributed by atoms with Gasteiger partial charge in [0.2, 0.25) is 0 Å². The molecule has 1 aromatic carbocycles. The highest BCUT2D eigenvalue weighted by Gasteiger charge is 2.12. The zero-order valence-electron chi connectivity index (χ0n) is 10.5. The predicted molar refractivity (Wildman–Crippen MR) is 75.3 cm³/mol. The highest BCUT2D eigenvalue weighted by atomic mass is 35.5. The first-order valence-electron chi connectivity index (χ1n) is 5.81. The van der Waals surface area contributed by atoms with Crippen LogP contribution in [0.3, 0.4) is 0 Å². The van der Waals surface area contributed by atoms with E-state index in [1.807, 2.05) is 0 Å². The van der Waals surface area contributed by atoms with Gasteiger partial charge in [-0.2, -0.15) is 0 Å². The molecule has 100 valence electrons. The summed E-state index contributed by atoms with van der Waals surface area (Å²) in [6, 6.07) is 6.91. The summed E-state index contributed by atoms with van der Waals surface area (Å²) in [5, 5.41) is 10.7. The van der Waals surface area contributed by atoms with Crippen molar-refractivity contribution in [1.29, 1.82) is 0 Å². The number of hydrogen-bond acceptors (Lipinski definition) is 4. The summed E-state index contributed by atoms with van der Waals surface area (Å²) < 4.78 is 5.07. The molecule has 5 heteroatoms. The quantitative estimate of drug-likeness (QED) is 0.902. The van der Waals surface area contributed by atoms with Crippen molar-refractivity contribution in [3.05, 3.63) is 52.8 Å². The maximum Gasteiger partial charge on any atom is 0.137 e. The first-order chi connectivity index (χ1) is 9.11. The van der Waals surface area contributed by atoms with E-state index < -0.39 is 6.10 Å². The van der Waals surface area contributed by atoms with Crippen molar-refractivity contribution >= 4 is 17.3 Å². The molecule has 0 saturated carbocycles. The Labute approximate surface area is 116 Å². The molecule has 0 saturated heterocycles. The van der Waals surface area contributed by atoms with Gasteiger partial charge < -0.3 is 15.6 Å². The fourth-order valence-electron chi connectivity index (χ4n) is 1.82. The third kappa shape index (κ3) is 3.16. The number of anilines is 1. The van der Waals surface area contributed by atoms with E-state index in [-0.39, 0.29) is 0 Å². The van der Waals surface area contributed by atoms with Gasteiger partial charge in [-0.05, 0) is 29.3 Å². The summed E-state index contributed by atoms with van der Waals surface area (Å²) in [5.41, 5.74) is 7.97. The molecule has 0 aliphatic heterocycles. The maximum absolute atomic E-state index is 10.2. The average molecular weight is 279 g/mol. The van der Waals surface area contributed by atoms with Crippen molar-refractivity contribution in [2.45, 2.75) is 12.5 Å². The predicted octanol–water partition coefficient (Wildman–Crippen LogP) is 2.60. The fraction of sp³-hybridized carbons (Fsp3) is 0.214. The van der Waals surface area contributed by atoms with E-state index in [9.17, 15) is 5.11 Å². The van der Waals surface area contributed by atoms with E-state index in [1.54, 1.807) is 43.8 Å². The van der Waals surface area contributed by atoms with E-state index in [0.29, 0.717) is 28.4 Å². The molecule has 0 aliphatic carbocycles. The number of nitrogen functional groups attached to an aromatic ring is 1. The Bertz CT molecular complexity index is 575. The van der Waals surface area contributed by atoms with Crippen LogP contribution in [-0.2, 0) is 6.42 Å². The van der Waals surface area contributed by atoms with Crippen LogP contribution in [0.4, 0.5) is 5.69 Å². The Morgan fingerprint density at radius 1 is 1.42 bits per heavy atom. The third-order valence-electron chi connectivity index (χ3n) is 2.92. The Morgan fingerprint density at radius 3 is 2.84 bits per heavy atom. The lowest BCUT2D eigenvalue weighted by Crippen LogP contribution is -2.05. The van der Waals surface area contributed by atoms with Gasteiger partial charge in [-0.3, -0.25) is 4.98 Å². The highest BCUT2D eigenvalue weighted by molar-refractivity contribution is 6.32. The number of halogens is 1. The van der Waals surface area contributed by atoms with Gasteiger partial charge in [0.15, 0.2) is 0 Å². The van der Waals surface area contributed by atoms with E-state index in [2.05, 4.69) is 4.98 Å². The standard InChI is InChI=1S/C14H15ClN2O2/c1-19-14-3-2-9(6-11(14)15)13(18)7-10-8-17-5-4-12(10)16/h2-6,8,13,18H,7H2,1H3,(H2,16,17). The molecule has 1 unspecified atom stereocenters. The molecular formula is C14H15ClN2O2. The minimum Gasteiger partial charge on any atom is -0.495 e. The molecule has 1 aromatic heterocycles. The van der Waals surface area contributed by atoms with Gasteiger partial charge in [0, 0.05) is 24.5 Å². The van der Waals surface area contributed by atoms with Crippen LogP contribution in [0.5, 0.6) is 5.75 Å². The molecule has 0 amide bonds. The van der Waals surface area contributed by atoms with E-state index in [0.717, 1.165) is 5.56 Å². The molecule has 0 spiro atoms. The minimum atomic E-state index is -0.685. The lowest BCUT2D eigenvalue weighted by molar-refractivity contribution is 0.178. The van der Waals surface area contributed by atoms with E-state index in [1.165, 1.54) is 0 Å². The smallest absolute Gasteiger partial charge is 0.137 e. The monoisotopic (exact) mass is 278 g/mol. The zero-order chi connectivity index (χ0) is 13.8. The van der Waals surface area contributed by atoms with Crippen LogP contribution in [-0.4, -0.2) is 17.2 Å². The van der Waals surface area contributed by atoms with Crippen LogP contribution in [0.15, 0.2) is 36.7 Å². The second kappa shape index (κ2) is 5.91. The van der Waals surface area contributed by atoms with Gasteiger partial charge in [0.05, 0.1) is 18.2 Å².